The van der Waals surface area contributed by atoms with E-state index in [4.69, 9.17) is 16.3 Å². The summed E-state index contributed by atoms with van der Waals surface area (Å²) in [6.07, 6.45) is 0. The first-order chi connectivity index (χ1) is 13.0. The number of halogens is 1. The molecule has 0 bridgehead atoms. The number of carbonyl (C=O) groups is 1. The second kappa shape index (κ2) is 8.45. The van der Waals surface area contributed by atoms with Gasteiger partial charge in [0.1, 0.15) is 11.6 Å². The van der Waals surface area contributed by atoms with Crippen molar-refractivity contribution in [1.82, 2.24) is 14.8 Å². The Balaban J connectivity index is 1.72. The fourth-order valence-corrected chi connectivity index (χ4v) is 3.51. The maximum atomic E-state index is 12.4. The van der Waals surface area contributed by atoms with Crippen LogP contribution in [-0.2, 0) is 4.79 Å². The average Bonchev–Trinajstić information content (AvgIpc) is 3.04. The maximum absolute atomic E-state index is 12.4. The first-order valence-electron chi connectivity index (χ1n) is 8.24. The van der Waals surface area contributed by atoms with Crippen LogP contribution < -0.4 is 10.1 Å². The van der Waals surface area contributed by atoms with Crippen molar-refractivity contribution in [3.8, 4) is 11.4 Å². The monoisotopic (exact) mass is 402 g/mol. The van der Waals surface area contributed by atoms with Crippen LogP contribution >= 0.6 is 23.4 Å². The van der Waals surface area contributed by atoms with Gasteiger partial charge in [0, 0.05) is 16.8 Å². The normalized spacial score (nSPS) is 10.7. The highest BCUT2D eigenvalue weighted by molar-refractivity contribution is 7.99. The molecule has 27 heavy (non-hydrogen) atoms. The average molecular weight is 403 g/mol. The third-order valence-corrected chi connectivity index (χ3v) is 5.23. The Labute approximate surface area is 166 Å². The Hall–Kier alpha value is -2.51. The number of para-hydroxylation sites is 1. The number of rotatable bonds is 6. The first kappa shape index (κ1) is 19.3. The van der Waals surface area contributed by atoms with Gasteiger partial charge in [-0.3, -0.25) is 9.36 Å². The Bertz CT molecular complexity index is 960. The molecule has 6 nitrogen and oxygen atoms in total. The number of carbonyl (C=O) groups excluding carboxylic acids is 1. The van der Waals surface area contributed by atoms with Gasteiger partial charge in [-0.25, -0.2) is 0 Å². The fourth-order valence-electron chi connectivity index (χ4n) is 2.56. The number of ether oxygens (including phenoxy) is 1. The number of nitrogens with one attached hydrogen (secondary N) is 1. The van der Waals surface area contributed by atoms with Gasteiger partial charge in [0.2, 0.25) is 5.91 Å². The summed E-state index contributed by atoms with van der Waals surface area (Å²) in [6.45, 7) is 3.75. The molecule has 3 aromatic rings. The number of nitrogens with zero attached hydrogens (tertiary/aromatic N) is 3. The van der Waals surface area contributed by atoms with Crippen molar-refractivity contribution >= 4 is 35.0 Å². The van der Waals surface area contributed by atoms with E-state index in [9.17, 15) is 4.79 Å². The Kier molecular flexibility index (Phi) is 6.03. The van der Waals surface area contributed by atoms with E-state index in [1.54, 1.807) is 12.1 Å². The van der Waals surface area contributed by atoms with Crippen LogP contribution in [0.4, 0.5) is 5.69 Å². The molecule has 0 saturated heterocycles. The summed E-state index contributed by atoms with van der Waals surface area (Å²) in [5.74, 6) is 1.31. The second-order valence-electron chi connectivity index (χ2n) is 5.84. The van der Waals surface area contributed by atoms with E-state index in [1.807, 2.05) is 48.7 Å². The van der Waals surface area contributed by atoms with Gasteiger partial charge >= 0.3 is 0 Å². The highest BCUT2D eigenvalue weighted by Gasteiger charge is 2.15. The predicted molar refractivity (Wildman–Crippen MR) is 108 cm³/mol. The van der Waals surface area contributed by atoms with Gasteiger partial charge in [0.25, 0.3) is 0 Å². The van der Waals surface area contributed by atoms with Crippen molar-refractivity contribution in [3.05, 3.63) is 58.9 Å². The number of hydrogen-bond donors (Lipinski definition) is 1. The lowest BCUT2D eigenvalue weighted by molar-refractivity contribution is -0.113. The number of hydrogen-bond acceptors (Lipinski definition) is 5. The molecule has 1 aromatic heterocycles. The molecule has 0 unspecified atom stereocenters. The molecule has 8 heteroatoms. The second-order valence-corrected chi connectivity index (χ2v) is 7.19. The highest BCUT2D eigenvalue weighted by atomic mass is 35.5. The van der Waals surface area contributed by atoms with E-state index in [0.717, 1.165) is 17.1 Å². The van der Waals surface area contributed by atoms with Crippen LogP contribution in [0.1, 0.15) is 11.4 Å². The molecule has 0 spiro atoms. The summed E-state index contributed by atoms with van der Waals surface area (Å²) >= 11 is 7.43. The predicted octanol–water partition coefficient (Wildman–Crippen LogP) is 4.28. The number of methoxy groups -OCH3 is 1. The molecule has 0 fully saturated rings. The van der Waals surface area contributed by atoms with Crippen molar-refractivity contribution in [2.45, 2.75) is 19.0 Å². The van der Waals surface area contributed by atoms with Gasteiger partial charge in [-0.2, -0.15) is 0 Å². The molecule has 0 aliphatic carbocycles. The third-order valence-electron chi connectivity index (χ3n) is 3.90. The van der Waals surface area contributed by atoms with Crippen LogP contribution in [0.5, 0.6) is 5.75 Å². The molecule has 0 atom stereocenters. The zero-order chi connectivity index (χ0) is 19.4. The van der Waals surface area contributed by atoms with E-state index in [2.05, 4.69) is 15.5 Å². The summed E-state index contributed by atoms with van der Waals surface area (Å²) < 4.78 is 7.21. The van der Waals surface area contributed by atoms with E-state index >= 15 is 0 Å². The van der Waals surface area contributed by atoms with Gasteiger partial charge in [0.15, 0.2) is 5.16 Å². The quantitative estimate of drug-likeness (QED) is 0.623. The lowest BCUT2D eigenvalue weighted by Crippen LogP contribution is -2.15. The third kappa shape index (κ3) is 4.43. The molecule has 0 radical (unpaired) electrons. The van der Waals surface area contributed by atoms with Gasteiger partial charge in [-0.05, 0) is 37.6 Å². The lowest BCUT2D eigenvalue weighted by Gasteiger charge is -2.12. The molecule has 1 amide bonds. The molecular weight excluding hydrogens is 384 g/mol. The number of aromatic nitrogens is 3. The van der Waals surface area contributed by atoms with E-state index < -0.39 is 0 Å². The number of benzene rings is 2. The van der Waals surface area contributed by atoms with Gasteiger partial charge < -0.3 is 10.1 Å². The molecule has 1 N–H and O–H groups in total. The smallest absolute Gasteiger partial charge is 0.234 e. The molecule has 1 heterocycles. The topological polar surface area (TPSA) is 69.0 Å². The molecule has 3 rings (SSSR count). The van der Waals surface area contributed by atoms with E-state index in [1.165, 1.54) is 18.9 Å². The van der Waals surface area contributed by atoms with E-state index in [-0.39, 0.29) is 11.7 Å². The summed E-state index contributed by atoms with van der Waals surface area (Å²) in [4.78, 5) is 12.4. The van der Waals surface area contributed by atoms with Crippen LogP contribution in [0.15, 0.2) is 47.6 Å². The van der Waals surface area contributed by atoms with Crippen molar-refractivity contribution in [3.63, 3.8) is 0 Å². The number of anilines is 1. The van der Waals surface area contributed by atoms with Crippen molar-refractivity contribution in [2.24, 2.45) is 0 Å². The van der Waals surface area contributed by atoms with Gasteiger partial charge in [-0.1, -0.05) is 41.6 Å². The molecule has 140 valence electrons. The maximum Gasteiger partial charge on any atom is 0.234 e. The van der Waals surface area contributed by atoms with E-state index in [0.29, 0.717) is 21.6 Å². The summed E-state index contributed by atoms with van der Waals surface area (Å²) in [7, 11) is 1.54. The van der Waals surface area contributed by atoms with Crippen molar-refractivity contribution in [1.29, 1.82) is 0 Å². The molecule has 0 aliphatic heterocycles. The Morgan fingerprint density at radius 1 is 1.22 bits per heavy atom. The summed E-state index contributed by atoms with van der Waals surface area (Å²) in [5.41, 5.74) is 2.41. The largest absolute Gasteiger partial charge is 0.495 e. The van der Waals surface area contributed by atoms with Crippen LogP contribution in [0.25, 0.3) is 5.69 Å². The number of aryl methyl sites for hydroxylation is 2. The minimum Gasteiger partial charge on any atom is -0.495 e. The van der Waals surface area contributed by atoms with Crippen molar-refractivity contribution < 1.29 is 9.53 Å². The molecule has 0 saturated carbocycles. The molecular formula is C19H19ClN4O2S. The minimum absolute atomic E-state index is 0.166. The highest BCUT2D eigenvalue weighted by Crippen LogP contribution is 2.31. The first-order valence-corrected chi connectivity index (χ1v) is 9.60. The van der Waals surface area contributed by atoms with Gasteiger partial charge in [0.05, 0.1) is 18.6 Å². The lowest BCUT2D eigenvalue weighted by atomic mass is 10.2. The SMILES string of the molecule is COc1cc(Cl)c(C)cc1NC(=O)CSc1nnc(C)n1-c1ccccc1. The molecule has 0 aliphatic rings. The van der Waals surface area contributed by atoms with Crippen LogP contribution in [0.3, 0.4) is 0 Å². The summed E-state index contributed by atoms with van der Waals surface area (Å²) in [5, 5.41) is 12.4. The zero-order valence-corrected chi connectivity index (χ0v) is 16.8. The van der Waals surface area contributed by atoms with Crippen molar-refractivity contribution in [2.75, 3.05) is 18.2 Å². The Morgan fingerprint density at radius 3 is 2.67 bits per heavy atom. The summed E-state index contributed by atoms with van der Waals surface area (Å²) in [6, 6.07) is 13.3. The number of thioether (sulfide) groups is 1. The molecule has 2 aromatic carbocycles. The zero-order valence-electron chi connectivity index (χ0n) is 15.2. The van der Waals surface area contributed by atoms with Crippen LogP contribution in [-0.4, -0.2) is 33.5 Å². The Morgan fingerprint density at radius 2 is 1.96 bits per heavy atom. The van der Waals surface area contributed by atoms with Crippen LogP contribution in [0.2, 0.25) is 5.02 Å². The minimum atomic E-state index is -0.166. The standard InChI is InChI=1S/C19H19ClN4O2S/c1-12-9-16(17(26-3)10-15(12)20)21-18(25)11-27-19-23-22-13(2)24(19)14-7-5-4-6-8-14/h4-10H,11H2,1-3H3,(H,21,25). The number of amides is 1. The fraction of sp³-hybridized carbons (Fsp3) is 0.211. The van der Waals surface area contributed by atoms with Crippen LogP contribution in [0, 0.1) is 13.8 Å². The van der Waals surface area contributed by atoms with Gasteiger partial charge in [-0.15, -0.1) is 10.2 Å².